The van der Waals surface area contributed by atoms with Crippen LogP contribution in [-0.2, 0) is 12.8 Å². The van der Waals surface area contributed by atoms with Crippen LogP contribution in [0.5, 0.6) is 0 Å². The van der Waals surface area contributed by atoms with E-state index in [0.29, 0.717) is 0 Å². The van der Waals surface area contributed by atoms with Crippen molar-refractivity contribution in [3.8, 4) is 11.1 Å². The van der Waals surface area contributed by atoms with Crippen molar-refractivity contribution in [1.82, 2.24) is 0 Å². The van der Waals surface area contributed by atoms with Crippen molar-refractivity contribution in [2.75, 3.05) is 23.7 Å². The molecule has 0 atom stereocenters. The van der Waals surface area contributed by atoms with E-state index in [2.05, 4.69) is 55.3 Å². The molecule has 0 saturated carbocycles. The largest absolute Gasteiger partial charge is 0.398 e. The molecule has 1 aliphatic rings. The van der Waals surface area contributed by atoms with Gasteiger partial charge in [-0.1, -0.05) is 50.1 Å². The van der Waals surface area contributed by atoms with E-state index >= 15 is 0 Å². The first kappa shape index (κ1) is 18.3. The van der Waals surface area contributed by atoms with Gasteiger partial charge < -0.3 is 10.6 Å². The lowest BCUT2D eigenvalue weighted by Gasteiger charge is -2.22. The standard InChI is InChI=1S/C24H30N2/c1-4-7-8-9-18-11-13-21-22-17-20(26(14-5-2)15-6-3)12-10-19(22)16-23(21)24(18)25/h5-6,10-13,17H,2-4,7-9,14-16,25H2,1H3. The maximum Gasteiger partial charge on any atom is 0.0388 e. The summed E-state index contributed by atoms with van der Waals surface area (Å²) < 4.78 is 0. The fraction of sp³-hybridized carbons (Fsp3) is 0.333. The zero-order chi connectivity index (χ0) is 18.5. The summed E-state index contributed by atoms with van der Waals surface area (Å²) in [6.45, 7) is 11.6. The fourth-order valence-corrected chi connectivity index (χ4v) is 3.89. The normalized spacial score (nSPS) is 11.7. The summed E-state index contributed by atoms with van der Waals surface area (Å²) in [5, 5.41) is 0. The fourth-order valence-electron chi connectivity index (χ4n) is 3.89. The lowest BCUT2D eigenvalue weighted by atomic mass is 9.97. The molecule has 136 valence electrons. The lowest BCUT2D eigenvalue weighted by molar-refractivity contribution is 0.718. The van der Waals surface area contributed by atoms with Crippen LogP contribution in [0.25, 0.3) is 11.1 Å². The molecular weight excluding hydrogens is 316 g/mol. The molecule has 2 nitrogen and oxygen atoms in total. The number of unbranched alkanes of at least 4 members (excludes halogenated alkanes) is 2. The van der Waals surface area contributed by atoms with Crippen LogP contribution in [0.15, 0.2) is 55.6 Å². The molecule has 2 heteroatoms. The highest BCUT2D eigenvalue weighted by Gasteiger charge is 2.22. The van der Waals surface area contributed by atoms with E-state index in [1.807, 2.05) is 12.2 Å². The molecule has 0 fully saturated rings. The summed E-state index contributed by atoms with van der Waals surface area (Å²) in [4.78, 5) is 2.28. The Morgan fingerprint density at radius 1 is 1.04 bits per heavy atom. The Bertz CT molecular complexity index is 794. The van der Waals surface area contributed by atoms with Crippen LogP contribution >= 0.6 is 0 Å². The number of nitrogens with two attached hydrogens (primary N) is 1. The van der Waals surface area contributed by atoms with Gasteiger partial charge in [-0.3, -0.25) is 0 Å². The molecule has 0 saturated heterocycles. The van der Waals surface area contributed by atoms with Crippen LogP contribution in [0.1, 0.15) is 42.9 Å². The Hall–Kier alpha value is -2.48. The van der Waals surface area contributed by atoms with Gasteiger partial charge in [0.15, 0.2) is 0 Å². The zero-order valence-electron chi connectivity index (χ0n) is 15.9. The first-order valence-corrected chi connectivity index (χ1v) is 9.69. The first-order valence-electron chi connectivity index (χ1n) is 9.69. The minimum atomic E-state index is 0.816. The number of fused-ring (bicyclic) bond motifs is 3. The Morgan fingerprint density at radius 2 is 1.81 bits per heavy atom. The monoisotopic (exact) mass is 346 g/mol. The second-order valence-corrected chi connectivity index (χ2v) is 7.12. The summed E-state index contributed by atoms with van der Waals surface area (Å²) in [6.07, 6.45) is 9.63. The Morgan fingerprint density at radius 3 is 2.50 bits per heavy atom. The van der Waals surface area contributed by atoms with Gasteiger partial charge in [0.05, 0.1) is 0 Å². The van der Waals surface area contributed by atoms with Crippen LogP contribution in [0.4, 0.5) is 11.4 Å². The second kappa shape index (κ2) is 8.27. The molecule has 0 heterocycles. The van der Waals surface area contributed by atoms with Gasteiger partial charge in [0.1, 0.15) is 0 Å². The van der Waals surface area contributed by atoms with Gasteiger partial charge in [0, 0.05) is 30.9 Å². The highest BCUT2D eigenvalue weighted by molar-refractivity contribution is 5.84. The van der Waals surface area contributed by atoms with E-state index in [1.54, 1.807) is 0 Å². The van der Waals surface area contributed by atoms with Gasteiger partial charge in [0.25, 0.3) is 0 Å². The van der Waals surface area contributed by atoms with E-state index in [-0.39, 0.29) is 0 Å². The maximum absolute atomic E-state index is 6.55. The zero-order valence-corrected chi connectivity index (χ0v) is 15.9. The number of hydrogen-bond donors (Lipinski definition) is 1. The van der Waals surface area contributed by atoms with Crippen molar-refractivity contribution in [3.63, 3.8) is 0 Å². The number of anilines is 2. The number of nitrogen functional groups attached to an aromatic ring is 1. The van der Waals surface area contributed by atoms with Gasteiger partial charge in [-0.15, -0.1) is 13.2 Å². The molecule has 2 aromatic carbocycles. The highest BCUT2D eigenvalue weighted by atomic mass is 15.1. The number of nitrogens with zero attached hydrogens (tertiary/aromatic N) is 1. The predicted octanol–water partition coefficient (Wildman–Crippen LogP) is 5.75. The third-order valence-corrected chi connectivity index (χ3v) is 5.31. The van der Waals surface area contributed by atoms with Crippen molar-refractivity contribution in [1.29, 1.82) is 0 Å². The van der Waals surface area contributed by atoms with Gasteiger partial charge in [0.2, 0.25) is 0 Å². The Kier molecular flexibility index (Phi) is 5.82. The van der Waals surface area contributed by atoms with Crippen LogP contribution in [0, 0.1) is 0 Å². The van der Waals surface area contributed by atoms with Crippen molar-refractivity contribution in [2.24, 2.45) is 0 Å². The predicted molar refractivity (Wildman–Crippen MR) is 115 cm³/mol. The molecule has 0 bridgehead atoms. The van der Waals surface area contributed by atoms with Crippen molar-refractivity contribution >= 4 is 11.4 Å². The molecule has 0 amide bonds. The topological polar surface area (TPSA) is 29.3 Å². The number of benzene rings is 2. The molecule has 0 unspecified atom stereocenters. The van der Waals surface area contributed by atoms with Crippen LogP contribution in [0.2, 0.25) is 0 Å². The molecule has 2 N–H and O–H groups in total. The minimum absolute atomic E-state index is 0.816. The quantitative estimate of drug-likeness (QED) is 0.303. The minimum Gasteiger partial charge on any atom is -0.398 e. The number of aryl methyl sites for hydroxylation is 1. The number of rotatable bonds is 9. The Balaban J connectivity index is 1.92. The molecule has 3 rings (SSSR count). The molecule has 0 aromatic heterocycles. The average molecular weight is 347 g/mol. The number of hydrogen-bond acceptors (Lipinski definition) is 2. The first-order chi connectivity index (χ1) is 12.7. The van der Waals surface area contributed by atoms with Crippen molar-refractivity contribution in [2.45, 2.75) is 39.0 Å². The van der Waals surface area contributed by atoms with Gasteiger partial charge >= 0.3 is 0 Å². The van der Waals surface area contributed by atoms with Gasteiger partial charge in [-0.25, -0.2) is 0 Å². The lowest BCUT2D eigenvalue weighted by Crippen LogP contribution is -2.23. The summed E-state index contributed by atoms with van der Waals surface area (Å²) in [7, 11) is 0. The van der Waals surface area contributed by atoms with E-state index in [9.17, 15) is 0 Å². The molecule has 0 aliphatic heterocycles. The van der Waals surface area contributed by atoms with E-state index in [0.717, 1.165) is 31.6 Å². The summed E-state index contributed by atoms with van der Waals surface area (Å²) in [5.41, 5.74) is 15.4. The van der Waals surface area contributed by atoms with E-state index in [4.69, 9.17) is 5.73 Å². The van der Waals surface area contributed by atoms with E-state index < -0.39 is 0 Å². The van der Waals surface area contributed by atoms with Crippen molar-refractivity contribution < 1.29 is 0 Å². The summed E-state index contributed by atoms with van der Waals surface area (Å²) >= 11 is 0. The highest BCUT2D eigenvalue weighted by Crippen LogP contribution is 2.42. The molecule has 1 aliphatic carbocycles. The summed E-state index contributed by atoms with van der Waals surface area (Å²) in [6, 6.07) is 11.3. The third kappa shape index (κ3) is 3.55. The molecule has 26 heavy (non-hydrogen) atoms. The smallest absolute Gasteiger partial charge is 0.0388 e. The second-order valence-electron chi connectivity index (χ2n) is 7.12. The molecule has 2 aromatic rings. The van der Waals surface area contributed by atoms with Crippen LogP contribution in [-0.4, -0.2) is 13.1 Å². The van der Waals surface area contributed by atoms with Crippen LogP contribution < -0.4 is 10.6 Å². The van der Waals surface area contributed by atoms with Gasteiger partial charge in [-0.05, 0) is 52.8 Å². The summed E-state index contributed by atoms with van der Waals surface area (Å²) in [5.74, 6) is 0. The molecule has 0 radical (unpaired) electrons. The van der Waals surface area contributed by atoms with Crippen LogP contribution in [0.3, 0.4) is 0 Å². The van der Waals surface area contributed by atoms with Crippen molar-refractivity contribution in [3.05, 3.63) is 72.3 Å². The Labute approximate surface area is 158 Å². The SMILES string of the molecule is C=CCN(CC=C)c1ccc2c(c1)-c1ccc(CCCCC)c(N)c1C2. The third-order valence-electron chi connectivity index (χ3n) is 5.31. The average Bonchev–Trinajstić information content (AvgIpc) is 3.02. The maximum atomic E-state index is 6.55. The van der Waals surface area contributed by atoms with Gasteiger partial charge in [-0.2, -0.15) is 0 Å². The molecule has 0 spiro atoms. The van der Waals surface area contributed by atoms with E-state index in [1.165, 1.54) is 52.8 Å². The molecular formula is C24H30N2.